The average Bonchev–Trinajstić information content (AvgIpc) is 2.68. The van der Waals surface area contributed by atoms with Gasteiger partial charge in [0.15, 0.2) is 0 Å². The molecule has 0 saturated carbocycles. The normalized spacial score (nSPS) is 26.9. The van der Waals surface area contributed by atoms with Crippen molar-refractivity contribution < 1.29 is 14.6 Å². The highest BCUT2D eigenvalue weighted by Crippen LogP contribution is 2.19. The van der Waals surface area contributed by atoms with Gasteiger partial charge in [-0.25, -0.2) is 0 Å². The Morgan fingerprint density at radius 2 is 1.94 bits per heavy atom. The minimum atomic E-state index is 0.164. The highest BCUT2D eigenvalue weighted by atomic mass is 16.5. The van der Waals surface area contributed by atoms with E-state index in [4.69, 9.17) is 9.84 Å². The van der Waals surface area contributed by atoms with Gasteiger partial charge in [-0.15, -0.1) is 0 Å². The summed E-state index contributed by atoms with van der Waals surface area (Å²) in [6, 6.07) is 0. The van der Waals surface area contributed by atoms with Crippen LogP contribution in [0.15, 0.2) is 0 Å². The van der Waals surface area contributed by atoms with Gasteiger partial charge in [-0.2, -0.15) is 0 Å². The highest BCUT2D eigenvalue weighted by molar-refractivity contribution is 5.79. The number of hydrogen-bond donors (Lipinski definition) is 1. The summed E-state index contributed by atoms with van der Waals surface area (Å²) in [5.41, 5.74) is 0. The summed E-state index contributed by atoms with van der Waals surface area (Å²) in [6.07, 6.45) is 2.84. The Morgan fingerprint density at radius 1 is 1.17 bits per heavy atom. The second kappa shape index (κ2) is 7.07. The molecular formula is C13H24N2O3. The third-order valence-electron chi connectivity index (χ3n) is 3.90. The Labute approximate surface area is 109 Å². The van der Waals surface area contributed by atoms with Crippen molar-refractivity contribution in [2.75, 3.05) is 52.5 Å². The Kier molecular flexibility index (Phi) is 5.41. The topological polar surface area (TPSA) is 53.0 Å². The van der Waals surface area contributed by atoms with Gasteiger partial charge in [0.1, 0.15) is 0 Å². The smallest absolute Gasteiger partial charge is 0.225 e. The molecule has 0 aliphatic carbocycles. The predicted molar refractivity (Wildman–Crippen MR) is 68.3 cm³/mol. The molecule has 0 spiro atoms. The van der Waals surface area contributed by atoms with Crippen LogP contribution < -0.4 is 0 Å². The van der Waals surface area contributed by atoms with E-state index in [1.165, 1.54) is 0 Å². The zero-order valence-electron chi connectivity index (χ0n) is 11.0. The Morgan fingerprint density at radius 3 is 2.67 bits per heavy atom. The molecule has 1 atom stereocenters. The van der Waals surface area contributed by atoms with Crippen molar-refractivity contribution in [3.63, 3.8) is 0 Å². The van der Waals surface area contributed by atoms with E-state index >= 15 is 0 Å². The first-order valence-corrected chi connectivity index (χ1v) is 7.01. The van der Waals surface area contributed by atoms with Gasteiger partial charge in [0.05, 0.1) is 6.61 Å². The first kappa shape index (κ1) is 13.8. The Hall–Kier alpha value is -0.650. The first-order chi connectivity index (χ1) is 8.81. The molecule has 2 fully saturated rings. The van der Waals surface area contributed by atoms with E-state index in [-0.39, 0.29) is 12.5 Å². The summed E-state index contributed by atoms with van der Waals surface area (Å²) in [5.74, 6) is 0.473. The largest absolute Gasteiger partial charge is 0.395 e. The summed E-state index contributed by atoms with van der Waals surface area (Å²) < 4.78 is 5.40. The molecule has 18 heavy (non-hydrogen) atoms. The number of nitrogens with zero attached hydrogens (tertiary/aromatic N) is 2. The van der Waals surface area contributed by atoms with Crippen LogP contribution in [0.5, 0.6) is 0 Å². The van der Waals surface area contributed by atoms with Crippen LogP contribution >= 0.6 is 0 Å². The fourth-order valence-corrected chi connectivity index (χ4v) is 2.74. The van der Waals surface area contributed by atoms with Crippen molar-refractivity contribution in [2.45, 2.75) is 19.3 Å². The lowest BCUT2D eigenvalue weighted by atomic mass is 9.98. The molecule has 2 heterocycles. The van der Waals surface area contributed by atoms with Gasteiger partial charge in [0.2, 0.25) is 5.91 Å². The molecule has 1 N–H and O–H groups in total. The van der Waals surface area contributed by atoms with Crippen molar-refractivity contribution in [3.05, 3.63) is 0 Å². The fourth-order valence-electron chi connectivity index (χ4n) is 2.74. The second-order valence-corrected chi connectivity index (χ2v) is 5.13. The van der Waals surface area contributed by atoms with E-state index in [0.717, 1.165) is 65.2 Å². The van der Waals surface area contributed by atoms with E-state index in [0.29, 0.717) is 5.91 Å². The number of carbonyl (C=O) groups excluding carboxylic acids is 1. The van der Waals surface area contributed by atoms with Crippen LogP contribution in [-0.4, -0.2) is 73.4 Å². The molecule has 2 aliphatic rings. The van der Waals surface area contributed by atoms with Crippen molar-refractivity contribution in [1.29, 1.82) is 0 Å². The lowest BCUT2D eigenvalue weighted by Gasteiger charge is -2.36. The van der Waals surface area contributed by atoms with E-state index < -0.39 is 0 Å². The monoisotopic (exact) mass is 256 g/mol. The second-order valence-electron chi connectivity index (χ2n) is 5.13. The number of piperazine rings is 1. The number of ether oxygens (including phenoxy) is 1. The maximum Gasteiger partial charge on any atom is 0.225 e. The van der Waals surface area contributed by atoms with Crippen LogP contribution in [0.4, 0.5) is 0 Å². The molecule has 0 aromatic rings. The number of hydrogen-bond acceptors (Lipinski definition) is 4. The molecule has 0 bridgehead atoms. The molecule has 104 valence electrons. The number of amides is 1. The van der Waals surface area contributed by atoms with Crippen LogP contribution in [0.3, 0.4) is 0 Å². The maximum atomic E-state index is 12.4. The third-order valence-corrected chi connectivity index (χ3v) is 3.90. The van der Waals surface area contributed by atoms with Crippen molar-refractivity contribution in [3.8, 4) is 0 Å². The molecule has 2 rings (SSSR count). The van der Waals surface area contributed by atoms with Crippen LogP contribution in [0.1, 0.15) is 19.3 Å². The van der Waals surface area contributed by atoms with Gasteiger partial charge >= 0.3 is 0 Å². The Bertz CT molecular complexity index is 257. The number of carbonyl (C=O) groups is 1. The van der Waals surface area contributed by atoms with Gasteiger partial charge < -0.3 is 14.7 Å². The van der Waals surface area contributed by atoms with Crippen molar-refractivity contribution in [2.24, 2.45) is 5.92 Å². The van der Waals surface area contributed by atoms with Crippen LogP contribution in [0.2, 0.25) is 0 Å². The van der Waals surface area contributed by atoms with E-state index in [1.54, 1.807) is 0 Å². The zero-order chi connectivity index (χ0) is 12.8. The SMILES string of the molecule is O=C(C1CCCOCC1)N1CCN(CCO)CC1. The lowest BCUT2D eigenvalue weighted by Crippen LogP contribution is -2.50. The molecular weight excluding hydrogens is 232 g/mol. The summed E-state index contributed by atoms with van der Waals surface area (Å²) in [5, 5.41) is 8.89. The molecule has 1 amide bonds. The van der Waals surface area contributed by atoms with Crippen LogP contribution in [0.25, 0.3) is 0 Å². The lowest BCUT2D eigenvalue weighted by molar-refractivity contribution is -0.137. The van der Waals surface area contributed by atoms with Crippen LogP contribution in [0, 0.1) is 5.92 Å². The highest BCUT2D eigenvalue weighted by Gasteiger charge is 2.27. The molecule has 2 aliphatic heterocycles. The number of aliphatic hydroxyl groups is 1. The summed E-state index contributed by atoms with van der Waals surface area (Å²) in [7, 11) is 0. The van der Waals surface area contributed by atoms with Crippen molar-refractivity contribution >= 4 is 5.91 Å². The summed E-state index contributed by atoms with van der Waals surface area (Å²) in [4.78, 5) is 16.6. The predicted octanol–water partition coefficient (Wildman–Crippen LogP) is -0.0604. The third kappa shape index (κ3) is 3.67. The minimum absolute atomic E-state index is 0.164. The van der Waals surface area contributed by atoms with Gasteiger partial charge in [0, 0.05) is 51.9 Å². The first-order valence-electron chi connectivity index (χ1n) is 7.01. The Balaban J connectivity index is 1.79. The number of rotatable bonds is 3. The number of β-amino-alcohol motifs (C(OH)–C–C–N with tert-alkyl or cyclic N) is 1. The van der Waals surface area contributed by atoms with Gasteiger partial charge in [-0.3, -0.25) is 9.69 Å². The number of aliphatic hydroxyl groups excluding tert-OH is 1. The van der Waals surface area contributed by atoms with Gasteiger partial charge in [-0.05, 0) is 19.3 Å². The van der Waals surface area contributed by atoms with Crippen LogP contribution in [-0.2, 0) is 9.53 Å². The molecule has 0 radical (unpaired) electrons. The molecule has 5 heteroatoms. The molecule has 0 aromatic heterocycles. The van der Waals surface area contributed by atoms with Gasteiger partial charge in [0.25, 0.3) is 0 Å². The standard InChI is InChI=1S/C13H24N2O3/c16-9-8-14-4-6-15(7-5-14)13(17)12-2-1-10-18-11-3-12/h12,16H,1-11H2. The summed E-state index contributed by atoms with van der Waals surface area (Å²) >= 11 is 0. The van der Waals surface area contributed by atoms with Crippen molar-refractivity contribution in [1.82, 2.24) is 9.80 Å². The fraction of sp³-hybridized carbons (Fsp3) is 0.923. The molecule has 2 saturated heterocycles. The van der Waals surface area contributed by atoms with E-state index in [9.17, 15) is 4.79 Å². The average molecular weight is 256 g/mol. The molecule has 5 nitrogen and oxygen atoms in total. The molecule has 0 aromatic carbocycles. The van der Waals surface area contributed by atoms with Gasteiger partial charge in [-0.1, -0.05) is 0 Å². The molecule has 1 unspecified atom stereocenters. The van der Waals surface area contributed by atoms with E-state index in [1.807, 2.05) is 4.90 Å². The zero-order valence-corrected chi connectivity index (χ0v) is 11.0. The minimum Gasteiger partial charge on any atom is -0.395 e. The quantitative estimate of drug-likeness (QED) is 0.768. The maximum absolute atomic E-state index is 12.4. The summed E-state index contributed by atoms with van der Waals surface area (Å²) in [6.45, 7) is 5.82. The van der Waals surface area contributed by atoms with E-state index in [2.05, 4.69) is 4.90 Å².